The fourth-order valence-corrected chi connectivity index (χ4v) is 2.75. The van der Waals surface area contributed by atoms with Crippen molar-refractivity contribution in [1.29, 1.82) is 5.26 Å². The smallest absolute Gasteiger partial charge is 0.266 e. The maximum absolute atomic E-state index is 12.4. The van der Waals surface area contributed by atoms with Gasteiger partial charge in [0, 0.05) is 40.4 Å². The third-order valence-corrected chi connectivity index (χ3v) is 3.91. The summed E-state index contributed by atoms with van der Waals surface area (Å²) in [6.07, 6.45) is 3.50. The SMILES string of the molecule is Cn1cc(/C=C(\C#N)C(=O)Nc2cccc(Cl)c2)c2ccccc21. The van der Waals surface area contributed by atoms with E-state index in [4.69, 9.17) is 11.6 Å². The first-order chi connectivity index (χ1) is 11.6. The van der Waals surface area contributed by atoms with E-state index in [1.54, 1.807) is 30.3 Å². The van der Waals surface area contributed by atoms with E-state index < -0.39 is 5.91 Å². The van der Waals surface area contributed by atoms with Gasteiger partial charge in [-0.2, -0.15) is 5.26 Å². The number of rotatable bonds is 3. The molecule has 0 saturated carbocycles. The Hall–Kier alpha value is -3.03. The monoisotopic (exact) mass is 335 g/mol. The molecular formula is C19H14ClN3O. The van der Waals surface area contributed by atoms with Gasteiger partial charge in [-0.1, -0.05) is 35.9 Å². The van der Waals surface area contributed by atoms with Gasteiger partial charge in [0.05, 0.1) is 0 Å². The molecule has 3 aromatic rings. The molecule has 0 saturated heterocycles. The van der Waals surface area contributed by atoms with Crippen LogP contribution in [0.5, 0.6) is 0 Å². The van der Waals surface area contributed by atoms with Gasteiger partial charge in [-0.05, 0) is 30.3 Å². The second-order valence-corrected chi connectivity index (χ2v) is 5.78. The largest absolute Gasteiger partial charge is 0.350 e. The molecule has 3 rings (SSSR count). The van der Waals surface area contributed by atoms with E-state index in [-0.39, 0.29) is 5.57 Å². The second kappa shape index (κ2) is 6.61. The summed E-state index contributed by atoms with van der Waals surface area (Å²) in [5, 5.41) is 13.6. The van der Waals surface area contributed by atoms with Crippen LogP contribution in [0.25, 0.3) is 17.0 Å². The molecule has 2 aromatic carbocycles. The number of benzene rings is 2. The summed E-state index contributed by atoms with van der Waals surface area (Å²) in [6, 6.07) is 16.6. The molecule has 0 atom stereocenters. The molecule has 0 aliphatic rings. The van der Waals surface area contributed by atoms with Crippen molar-refractivity contribution in [3.63, 3.8) is 0 Å². The molecule has 0 fully saturated rings. The van der Waals surface area contributed by atoms with Gasteiger partial charge in [0.15, 0.2) is 0 Å². The number of aromatic nitrogens is 1. The third-order valence-electron chi connectivity index (χ3n) is 3.68. The van der Waals surface area contributed by atoms with Crippen LogP contribution in [0.15, 0.2) is 60.3 Å². The topological polar surface area (TPSA) is 57.8 Å². The van der Waals surface area contributed by atoms with Crippen molar-refractivity contribution < 1.29 is 4.79 Å². The van der Waals surface area contributed by atoms with Gasteiger partial charge in [-0.3, -0.25) is 4.79 Å². The molecule has 1 N–H and O–H groups in total. The van der Waals surface area contributed by atoms with Crippen LogP contribution in [0.2, 0.25) is 5.02 Å². The highest BCUT2D eigenvalue weighted by molar-refractivity contribution is 6.31. The Morgan fingerprint density at radius 2 is 2.04 bits per heavy atom. The Labute approximate surface area is 144 Å². The lowest BCUT2D eigenvalue weighted by molar-refractivity contribution is -0.112. The first-order valence-electron chi connectivity index (χ1n) is 7.31. The number of hydrogen-bond donors (Lipinski definition) is 1. The summed E-state index contributed by atoms with van der Waals surface area (Å²) in [5.74, 6) is -0.465. The maximum atomic E-state index is 12.4. The quantitative estimate of drug-likeness (QED) is 0.570. The van der Waals surface area contributed by atoms with Crippen LogP contribution >= 0.6 is 11.6 Å². The zero-order valence-electron chi connectivity index (χ0n) is 13.0. The highest BCUT2D eigenvalue weighted by atomic mass is 35.5. The molecule has 0 aliphatic heterocycles. The normalized spacial score (nSPS) is 11.3. The molecule has 0 bridgehead atoms. The number of halogens is 1. The molecule has 1 heterocycles. The molecule has 118 valence electrons. The van der Waals surface area contributed by atoms with Crippen molar-refractivity contribution in [2.75, 3.05) is 5.32 Å². The number of carbonyl (C=O) groups excluding carboxylic acids is 1. The van der Waals surface area contributed by atoms with E-state index in [0.29, 0.717) is 10.7 Å². The molecule has 0 unspecified atom stereocenters. The number of nitriles is 1. The van der Waals surface area contributed by atoms with Gasteiger partial charge in [-0.25, -0.2) is 0 Å². The molecule has 1 aromatic heterocycles. The van der Waals surface area contributed by atoms with Crippen molar-refractivity contribution in [2.24, 2.45) is 7.05 Å². The number of anilines is 1. The van der Waals surface area contributed by atoms with E-state index in [2.05, 4.69) is 5.32 Å². The van der Waals surface area contributed by atoms with Crippen molar-refractivity contribution in [2.45, 2.75) is 0 Å². The van der Waals surface area contributed by atoms with E-state index in [1.165, 1.54) is 0 Å². The standard InChI is InChI=1S/C19H14ClN3O/c1-23-12-14(17-7-2-3-8-18(17)23)9-13(11-21)19(24)22-16-6-4-5-15(20)10-16/h2-10,12H,1H3,(H,22,24)/b13-9+. The number of hydrogen-bond acceptors (Lipinski definition) is 2. The first-order valence-corrected chi connectivity index (χ1v) is 7.69. The van der Waals surface area contributed by atoms with Gasteiger partial charge in [0.2, 0.25) is 0 Å². The van der Waals surface area contributed by atoms with Crippen molar-refractivity contribution in [3.05, 3.63) is 70.9 Å². The van der Waals surface area contributed by atoms with Gasteiger partial charge >= 0.3 is 0 Å². The Morgan fingerprint density at radius 3 is 2.79 bits per heavy atom. The van der Waals surface area contributed by atoms with E-state index in [9.17, 15) is 10.1 Å². The predicted octanol–water partition coefficient (Wildman–Crippen LogP) is 4.38. The van der Waals surface area contributed by atoms with Crippen LogP contribution in [0.1, 0.15) is 5.56 Å². The molecule has 0 aliphatic carbocycles. The lowest BCUT2D eigenvalue weighted by Gasteiger charge is -2.04. The number of carbonyl (C=O) groups is 1. The number of para-hydroxylation sites is 1. The molecule has 5 heteroatoms. The van der Waals surface area contributed by atoms with Crippen LogP contribution in [0.3, 0.4) is 0 Å². The average Bonchev–Trinajstić information content (AvgIpc) is 2.89. The Morgan fingerprint density at radius 1 is 1.25 bits per heavy atom. The van der Waals surface area contributed by atoms with Crippen LogP contribution in [0.4, 0.5) is 5.69 Å². The number of nitrogens with zero attached hydrogens (tertiary/aromatic N) is 2. The second-order valence-electron chi connectivity index (χ2n) is 5.35. The van der Waals surface area contributed by atoms with Crippen molar-refractivity contribution >= 4 is 40.2 Å². The summed E-state index contributed by atoms with van der Waals surface area (Å²) in [7, 11) is 1.93. The highest BCUT2D eigenvalue weighted by Gasteiger charge is 2.12. The molecule has 4 nitrogen and oxygen atoms in total. The number of aryl methyl sites for hydroxylation is 1. The van der Waals surface area contributed by atoms with Crippen molar-refractivity contribution in [3.8, 4) is 6.07 Å². The molecule has 0 spiro atoms. The van der Waals surface area contributed by atoms with Crippen LogP contribution in [-0.4, -0.2) is 10.5 Å². The summed E-state index contributed by atoms with van der Waals surface area (Å²) < 4.78 is 1.96. The highest BCUT2D eigenvalue weighted by Crippen LogP contribution is 2.23. The van der Waals surface area contributed by atoms with Crippen LogP contribution in [0, 0.1) is 11.3 Å². The van der Waals surface area contributed by atoms with Gasteiger partial charge in [0.1, 0.15) is 11.6 Å². The minimum Gasteiger partial charge on any atom is -0.350 e. The number of nitrogens with one attached hydrogen (secondary N) is 1. The molecular weight excluding hydrogens is 322 g/mol. The Kier molecular flexibility index (Phi) is 4.37. The van der Waals surface area contributed by atoms with Gasteiger partial charge in [-0.15, -0.1) is 0 Å². The van der Waals surface area contributed by atoms with Gasteiger partial charge in [0.25, 0.3) is 5.91 Å². The Bertz CT molecular complexity index is 995. The number of fused-ring (bicyclic) bond motifs is 1. The molecule has 24 heavy (non-hydrogen) atoms. The zero-order chi connectivity index (χ0) is 17.1. The summed E-state index contributed by atoms with van der Waals surface area (Å²) in [5.41, 5.74) is 2.44. The summed E-state index contributed by atoms with van der Waals surface area (Å²) >= 11 is 5.91. The number of amides is 1. The average molecular weight is 336 g/mol. The van der Waals surface area contributed by atoms with E-state index >= 15 is 0 Å². The zero-order valence-corrected chi connectivity index (χ0v) is 13.7. The summed E-state index contributed by atoms with van der Waals surface area (Å²) in [4.78, 5) is 12.4. The molecule has 1 amide bonds. The first kappa shape index (κ1) is 15.9. The van der Waals surface area contributed by atoms with Gasteiger partial charge < -0.3 is 9.88 Å². The third kappa shape index (κ3) is 3.17. The predicted molar refractivity (Wildman–Crippen MR) is 96.6 cm³/mol. The maximum Gasteiger partial charge on any atom is 0.266 e. The minimum absolute atomic E-state index is 0.0336. The lowest BCUT2D eigenvalue weighted by Crippen LogP contribution is -2.13. The Balaban J connectivity index is 1.94. The fourth-order valence-electron chi connectivity index (χ4n) is 2.56. The van der Waals surface area contributed by atoms with Crippen LogP contribution in [-0.2, 0) is 11.8 Å². The van der Waals surface area contributed by atoms with Crippen molar-refractivity contribution in [1.82, 2.24) is 4.57 Å². The molecule has 0 radical (unpaired) electrons. The van der Waals surface area contributed by atoms with E-state index in [0.717, 1.165) is 16.5 Å². The minimum atomic E-state index is -0.465. The van der Waals surface area contributed by atoms with E-state index in [1.807, 2.05) is 48.1 Å². The lowest BCUT2D eigenvalue weighted by atomic mass is 10.1. The fraction of sp³-hybridized carbons (Fsp3) is 0.0526. The van der Waals surface area contributed by atoms with Crippen LogP contribution < -0.4 is 5.32 Å². The summed E-state index contributed by atoms with van der Waals surface area (Å²) in [6.45, 7) is 0.